The van der Waals surface area contributed by atoms with Crippen LogP contribution in [0.1, 0.15) is 43.0 Å². The summed E-state index contributed by atoms with van der Waals surface area (Å²) in [7, 11) is -3.35. The minimum Gasteiger partial charge on any atom is -1.00 e. The van der Waals surface area contributed by atoms with Crippen LogP contribution in [0.15, 0.2) is 400 Å². The largest absolute Gasteiger partial charge is 1.00 e. The van der Waals surface area contributed by atoms with Gasteiger partial charge in [-0.25, -0.2) is 9.59 Å². The summed E-state index contributed by atoms with van der Waals surface area (Å²) in [6.45, 7) is 12.4. The van der Waals surface area contributed by atoms with Gasteiger partial charge in [0.05, 0.1) is 45.4 Å². The summed E-state index contributed by atoms with van der Waals surface area (Å²) in [5.74, 6) is 0.741. The Hall–Kier alpha value is -7.89. The molecule has 0 unspecified atom stereocenters. The molecule has 16 aromatic rings. The van der Waals surface area contributed by atoms with Gasteiger partial charge in [-0.3, -0.25) is 4.79 Å². The fraction of sp³-hybridized carbons (Fsp3) is 0.162. The fourth-order valence-corrected chi connectivity index (χ4v) is 24.8. The first-order valence-electron chi connectivity index (χ1n) is 45.8. The van der Waals surface area contributed by atoms with Crippen molar-refractivity contribution in [2.24, 2.45) is 0 Å². The molecule has 0 saturated carbocycles. The predicted molar refractivity (Wildman–Crippen MR) is 596 cm³/mol. The Bertz CT molecular complexity index is 5730. The second-order valence-corrected chi connectivity index (χ2v) is 44.5. The van der Waals surface area contributed by atoms with Gasteiger partial charge in [-0.15, -0.1) is 20.4 Å². The van der Waals surface area contributed by atoms with E-state index in [4.69, 9.17) is 99.0 Å². The first kappa shape index (κ1) is 124. The smallest absolute Gasteiger partial charge is 1.00 e. The summed E-state index contributed by atoms with van der Waals surface area (Å²) in [6.07, 6.45) is -0.838. The quantitative estimate of drug-likeness (QED) is 0.0144. The number of halogens is 5. The molecule has 2 amide bonds. The van der Waals surface area contributed by atoms with Crippen LogP contribution in [0, 0.1) is 0 Å². The zero-order chi connectivity index (χ0) is 103. The van der Waals surface area contributed by atoms with E-state index in [0.717, 1.165) is 0 Å². The van der Waals surface area contributed by atoms with Gasteiger partial charge in [-0.05, 0) is 149 Å². The number of carbonyl (C=O) groups is 3. The molecular weight excluding hydrogens is 2360 g/mol. The number of piperazine rings is 2. The maximum absolute atomic E-state index is 12.4. The van der Waals surface area contributed by atoms with E-state index in [2.05, 4.69) is 399 Å². The molecule has 0 spiro atoms. The summed E-state index contributed by atoms with van der Waals surface area (Å²) < 4.78 is 10.8. The number of nitrogens with two attached hydrogens (primary N) is 2. The molecule has 2 saturated heterocycles. The number of nitrogen functional groups attached to an aromatic ring is 2. The van der Waals surface area contributed by atoms with Crippen LogP contribution in [-0.4, -0.2) is 162 Å². The number of amides is 2. The molecule has 36 heteroatoms. The number of hydrogen-bond acceptors (Lipinski definition) is 21. The molecule has 0 bridgehead atoms. The fourth-order valence-electron chi connectivity index (χ4n) is 14.7. The summed E-state index contributed by atoms with van der Waals surface area (Å²) >= 11 is 29.3. The van der Waals surface area contributed by atoms with Gasteiger partial charge in [-0.1, -0.05) is 446 Å². The molecule has 2 aromatic heterocycles. The van der Waals surface area contributed by atoms with Gasteiger partial charge in [0.2, 0.25) is 11.9 Å². The van der Waals surface area contributed by atoms with Crippen LogP contribution in [-0.2, 0) is 39.6 Å². The third kappa shape index (κ3) is 39.3. The van der Waals surface area contributed by atoms with E-state index >= 15 is 0 Å². The third-order valence-electron chi connectivity index (χ3n) is 21.2. The first-order valence-corrected chi connectivity index (χ1v) is 53.1. The Balaban J connectivity index is 0.000000234. The molecule has 14 aromatic carbocycles. The summed E-state index contributed by atoms with van der Waals surface area (Å²) in [5, 5.41) is 79.4. The Morgan fingerprint density at radius 1 is 0.381 bits per heavy atom. The number of rotatable bonds is 19. The van der Waals surface area contributed by atoms with Gasteiger partial charge >= 0.3 is 157 Å². The molecule has 4 heterocycles. The predicted octanol–water partition coefficient (Wildman–Crippen LogP) is 10.4. The number of aliphatic hydroxyl groups is 2. The number of anilines is 4. The second-order valence-electron chi connectivity index (χ2n) is 33.7. The molecular formula is C111H112BCl5Cs2N12O11P4Pd. The number of carbonyl (C=O) groups excluding carboxylic acids is 3. The minimum atomic E-state index is -1.57. The normalized spacial score (nSPS) is 12.8. The molecule has 752 valence electrons. The number of nitrogens with zero attached hydrogens (tertiary/aromatic N) is 10. The zero-order valence-electron chi connectivity index (χ0n) is 83.3. The number of aromatic nitrogens is 6. The van der Waals surface area contributed by atoms with Gasteiger partial charge in [-0.2, -0.15) is 9.97 Å². The topological polar surface area (TPSA) is 325 Å². The standard InChI is InChI=1S/C19H24Cl2N6O3.4C18H15P.C13H21ClN6O3.C6H5BCl2O2.CH2O3.2Cs.Pd.H/c1-19(2,3)30-18(29)26-7-8-27(11(9-26)10-28)17-23-16(22)15(24-25-17)12-5-4-6-13(20)14(12)21;4*1-4-10-16(11-5-1)19(17-12-6-2-7-13-17)18-14-8-3-9-15-18;1-13(2,3)23-12(22)19-4-5-20(8(6-19)7-21)11-16-10(15)9(14)17-18-11;8-5-3-1-2-4(6(5)9)7(10)11;2-1-4-3;;;;/h4-6,11,28H,7-10H2,1-3H3,(H2,22,23,25);4*1-15H;8,21H,4-7H2,1-3H3,(H2,15,16,18);1-3,10-11H;1,3H;;;;/q;;;;;;;;2*+1;;-1/p-1/t11-;;;;;8-;;;;;;/m0....0....../s1. The van der Waals surface area contributed by atoms with E-state index in [9.17, 15) is 19.8 Å². The Morgan fingerprint density at radius 2 is 0.619 bits per heavy atom. The van der Waals surface area contributed by atoms with E-state index in [-0.39, 0.29) is 238 Å². The van der Waals surface area contributed by atoms with Crippen molar-refractivity contribution in [3.63, 3.8) is 0 Å². The Kier molecular flexibility index (Phi) is 55.4. The molecule has 18 rings (SSSR count). The summed E-state index contributed by atoms with van der Waals surface area (Å²) in [5.41, 5.74) is 11.7. The van der Waals surface area contributed by atoms with Crippen LogP contribution in [0.3, 0.4) is 0 Å². The monoisotopic (exact) mass is 2470 g/mol. The number of aliphatic hydroxyl groups excluding tert-OH is 2. The maximum atomic E-state index is 12.4. The van der Waals surface area contributed by atoms with Crippen molar-refractivity contribution in [2.75, 3.05) is 73.7 Å². The van der Waals surface area contributed by atoms with E-state index in [0.29, 0.717) is 52.5 Å². The van der Waals surface area contributed by atoms with E-state index in [1.807, 2.05) is 0 Å². The first-order chi connectivity index (χ1) is 69.6. The number of hydrogen-bond donors (Lipinski definition) is 6. The average Bonchev–Trinajstić information content (AvgIpc) is 0.782. The van der Waals surface area contributed by atoms with Crippen LogP contribution in [0.2, 0.25) is 25.2 Å². The van der Waals surface area contributed by atoms with Gasteiger partial charge in [0.1, 0.15) is 16.9 Å². The van der Waals surface area contributed by atoms with Crippen molar-refractivity contribution in [3.05, 3.63) is 426 Å². The van der Waals surface area contributed by atoms with Crippen LogP contribution in [0.4, 0.5) is 33.1 Å². The number of ether oxygens (including phenoxy) is 2. The van der Waals surface area contributed by atoms with Gasteiger partial charge in [0.25, 0.3) is 6.47 Å². The van der Waals surface area contributed by atoms with Crippen molar-refractivity contribution in [1.29, 1.82) is 0 Å². The van der Waals surface area contributed by atoms with E-state index < -0.39 is 68.2 Å². The van der Waals surface area contributed by atoms with Crippen LogP contribution < -0.4 is 233 Å². The van der Waals surface area contributed by atoms with Gasteiger partial charge < -0.3 is 72.4 Å². The van der Waals surface area contributed by atoms with E-state index in [1.165, 1.54) is 69.7 Å². The Morgan fingerprint density at radius 3 is 0.837 bits per heavy atom. The summed E-state index contributed by atoms with van der Waals surface area (Å²) in [6, 6.07) is 138. The van der Waals surface area contributed by atoms with Crippen LogP contribution in [0.25, 0.3) is 11.3 Å². The van der Waals surface area contributed by atoms with Crippen molar-refractivity contribution >= 4 is 208 Å². The second kappa shape index (κ2) is 65.5. The Labute approximate surface area is 1020 Å². The zero-order valence-corrected chi connectivity index (χ0v) is 104. The molecule has 2 fully saturated rings. The maximum Gasteiger partial charge on any atom is 1.00 e. The molecule has 0 aliphatic carbocycles. The average molecular weight is 2470 g/mol. The molecule has 2 aliphatic rings. The SMILES string of the molecule is CC(C)(C)OC(=O)N1CCN(c2nnc(-c3cccc(Cl)c3Cl)c(N)n2)[C@H](CO)C1.CC(C)(C)OC(=O)N1CCN(c2nnc(Cl)c(N)n2)[C@H](CO)C1.O=CO[O-].OB(O)c1cccc(Cl)c1Cl.[Cs+].[Cs+].[H-].[Pd].c1ccc(P(c2ccccc2)c2ccccc2)cc1.c1ccc(P(c2ccccc2)c2ccccc2)cc1.c1ccc(P(c2ccccc2)c2ccccc2)cc1.c1ccc(P(c2ccccc2)c2ccccc2)cc1. The van der Waals surface area contributed by atoms with Gasteiger partial charge in [0, 0.05) is 70.7 Å². The van der Waals surface area contributed by atoms with Crippen molar-refractivity contribution in [3.8, 4) is 11.3 Å². The van der Waals surface area contributed by atoms with Gasteiger partial charge in [0.15, 0.2) is 16.8 Å². The van der Waals surface area contributed by atoms with Crippen LogP contribution >= 0.6 is 89.7 Å². The van der Waals surface area contributed by atoms with Crippen molar-refractivity contribution in [1.82, 2.24) is 40.2 Å². The minimum absolute atomic E-state index is 0. The molecule has 147 heavy (non-hydrogen) atoms. The molecule has 2 aliphatic heterocycles. The van der Waals surface area contributed by atoms with Crippen molar-refractivity contribution < 1.29 is 214 Å². The van der Waals surface area contributed by atoms with Crippen molar-refractivity contribution in [2.45, 2.75) is 64.8 Å². The third-order valence-corrected chi connectivity index (χ3v) is 32.9. The molecule has 2 atom stereocenters. The van der Waals surface area contributed by atoms with E-state index in [1.54, 1.807) is 91.5 Å². The molecule has 23 nitrogen and oxygen atoms in total. The summed E-state index contributed by atoms with van der Waals surface area (Å²) in [4.78, 5) is 50.8. The number of benzene rings is 14. The molecule has 8 N–H and O–H groups in total. The van der Waals surface area contributed by atoms with Crippen LogP contribution in [0.5, 0.6) is 0 Å². The molecule has 0 radical (unpaired) electrons.